The van der Waals surface area contributed by atoms with E-state index < -0.39 is 52.6 Å². The SMILES string of the molecule is CSC(=S)NNC(=O)C1C(C)C([N+](=O)[O-])CC2NC(=O)C(=O)NC21. The highest BCUT2D eigenvalue weighted by atomic mass is 32.2. The Bertz CT molecular complexity index is 600. The largest absolute Gasteiger partial charge is 0.343 e. The van der Waals surface area contributed by atoms with Crippen LogP contribution in [0, 0.1) is 22.0 Å². The van der Waals surface area contributed by atoms with E-state index in [0.717, 1.165) is 0 Å². The molecule has 5 atom stereocenters. The topological polar surface area (TPSA) is 142 Å². The highest BCUT2D eigenvalue weighted by molar-refractivity contribution is 8.22. The minimum Gasteiger partial charge on any atom is -0.343 e. The Labute approximate surface area is 147 Å². The summed E-state index contributed by atoms with van der Waals surface area (Å²) < 4.78 is 0.329. The van der Waals surface area contributed by atoms with Gasteiger partial charge in [-0.3, -0.25) is 35.3 Å². The van der Waals surface area contributed by atoms with Crippen LogP contribution in [0.5, 0.6) is 0 Å². The molecule has 4 N–H and O–H groups in total. The first-order valence-corrected chi connectivity index (χ1v) is 8.78. The van der Waals surface area contributed by atoms with Gasteiger partial charge in [-0.15, -0.1) is 0 Å². The van der Waals surface area contributed by atoms with E-state index in [2.05, 4.69) is 21.5 Å². The molecule has 0 aromatic carbocycles. The molecule has 2 rings (SSSR count). The number of thiocarbonyl (C=S) groups is 1. The van der Waals surface area contributed by atoms with E-state index in [1.807, 2.05) is 0 Å². The fraction of sp³-hybridized carbons (Fsp3) is 0.667. The second kappa shape index (κ2) is 7.30. The number of rotatable bonds is 2. The van der Waals surface area contributed by atoms with Crippen molar-refractivity contribution in [1.29, 1.82) is 0 Å². The fourth-order valence-electron chi connectivity index (χ4n) is 3.15. The number of piperazine rings is 1. The lowest BCUT2D eigenvalue weighted by Crippen LogP contribution is -2.71. The summed E-state index contributed by atoms with van der Waals surface area (Å²) in [7, 11) is 0. The molecule has 0 radical (unpaired) electrons. The number of hydrogen-bond acceptors (Lipinski definition) is 7. The predicted octanol–water partition coefficient (Wildman–Crippen LogP) is -1.46. The molecule has 5 unspecified atom stereocenters. The van der Waals surface area contributed by atoms with Crippen LogP contribution in [-0.2, 0) is 14.4 Å². The van der Waals surface area contributed by atoms with Gasteiger partial charge in [0.05, 0.1) is 18.0 Å². The van der Waals surface area contributed by atoms with Crippen molar-refractivity contribution in [2.75, 3.05) is 6.26 Å². The second-order valence-electron chi connectivity index (χ2n) is 5.66. The Morgan fingerprint density at radius 3 is 2.54 bits per heavy atom. The molecular formula is C12H17N5O5S2. The van der Waals surface area contributed by atoms with Gasteiger partial charge < -0.3 is 10.6 Å². The third kappa shape index (κ3) is 3.59. The maximum absolute atomic E-state index is 12.5. The number of hydrazine groups is 1. The van der Waals surface area contributed by atoms with E-state index in [1.165, 1.54) is 11.8 Å². The zero-order valence-corrected chi connectivity index (χ0v) is 14.5. The number of hydrogen-bond donors (Lipinski definition) is 4. The molecule has 1 saturated carbocycles. The molecular weight excluding hydrogens is 358 g/mol. The lowest BCUT2D eigenvalue weighted by atomic mass is 9.70. The van der Waals surface area contributed by atoms with E-state index in [9.17, 15) is 24.5 Å². The lowest BCUT2D eigenvalue weighted by molar-refractivity contribution is -0.537. The maximum atomic E-state index is 12.5. The van der Waals surface area contributed by atoms with Gasteiger partial charge >= 0.3 is 11.8 Å². The van der Waals surface area contributed by atoms with Gasteiger partial charge in [0.25, 0.3) is 0 Å². The molecule has 12 heteroatoms. The fourth-order valence-corrected chi connectivity index (χ4v) is 3.36. The average Bonchev–Trinajstić information content (AvgIpc) is 2.53. The molecule has 2 fully saturated rings. The number of carbonyl (C=O) groups is 3. The number of carbonyl (C=O) groups excluding carboxylic acids is 3. The first kappa shape index (κ1) is 18.4. The minimum atomic E-state index is -1.01. The van der Waals surface area contributed by atoms with E-state index in [0.29, 0.717) is 4.32 Å². The lowest BCUT2D eigenvalue weighted by Gasteiger charge is -2.44. The van der Waals surface area contributed by atoms with Gasteiger partial charge in [-0.1, -0.05) is 30.9 Å². The van der Waals surface area contributed by atoms with Crippen LogP contribution >= 0.6 is 24.0 Å². The summed E-state index contributed by atoms with van der Waals surface area (Å²) >= 11 is 6.13. The number of thioether (sulfide) groups is 1. The van der Waals surface area contributed by atoms with E-state index in [1.54, 1.807) is 13.2 Å². The summed E-state index contributed by atoms with van der Waals surface area (Å²) in [5, 5.41) is 16.2. The smallest absolute Gasteiger partial charge is 0.309 e. The van der Waals surface area contributed by atoms with Crippen molar-refractivity contribution >= 4 is 46.0 Å². The van der Waals surface area contributed by atoms with Crippen LogP contribution < -0.4 is 21.5 Å². The van der Waals surface area contributed by atoms with Gasteiger partial charge in [0.1, 0.15) is 0 Å². The molecule has 2 aliphatic rings. The molecule has 10 nitrogen and oxygen atoms in total. The standard InChI is InChI=1S/C12H17N5O5S2/c1-4-6(17(21)22)3-5-8(14-11(20)10(19)13-5)7(4)9(18)15-16-12(23)24-2/h4-8H,3H2,1-2H3,(H,13,19)(H,14,20)(H,15,18)(H,16,23). The van der Waals surface area contributed by atoms with Gasteiger partial charge in [0, 0.05) is 17.3 Å². The number of nitrogens with one attached hydrogen (secondary N) is 4. The molecule has 132 valence electrons. The summed E-state index contributed by atoms with van der Waals surface area (Å²) in [4.78, 5) is 46.5. The van der Waals surface area contributed by atoms with Crippen molar-refractivity contribution in [3.8, 4) is 0 Å². The van der Waals surface area contributed by atoms with Gasteiger partial charge in [-0.05, 0) is 6.26 Å². The second-order valence-corrected chi connectivity index (χ2v) is 7.14. The average molecular weight is 375 g/mol. The Morgan fingerprint density at radius 1 is 1.33 bits per heavy atom. The van der Waals surface area contributed by atoms with Crippen LogP contribution in [0.4, 0.5) is 0 Å². The van der Waals surface area contributed by atoms with Crippen LogP contribution in [0.25, 0.3) is 0 Å². The molecule has 0 spiro atoms. The van der Waals surface area contributed by atoms with Crippen molar-refractivity contribution in [2.45, 2.75) is 31.5 Å². The summed E-state index contributed by atoms with van der Waals surface area (Å²) in [6.07, 6.45) is 1.77. The normalized spacial score (nSPS) is 32.0. The Morgan fingerprint density at radius 2 is 1.96 bits per heavy atom. The Balaban J connectivity index is 2.23. The molecule has 24 heavy (non-hydrogen) atoms. The van der Waals surface area contributed by atoms with E-state index in [4.69, 9.17) is 12.2 Å². The van der Waals surface area contributed by atoms with Crippen molar-refractivity contribution in [2.24, 2.45) is 11.8 Å². The molecule has 1 aliphatic carbocycles. The Kier molecular flexibility index (Phi) is 5.59. The van der Waals surface area contributed by atoms with Gasteiger partial charge in [0.15, 0.2) is 4.32 Å². The number of nitro groups is 1. The number of nitrogens with zero attached hydrogens (tertiary/aromatic N) is 1. The third-order valence-corrected chi connectivity index (χ3v) is 5.43. The minimum absolute atomic E-state index is 0.0469. The predicted molar refractivity (Wildman–Crippen MR) is 89.3 cm³/mol. The molecule has 0 bridgehead atoms. The van der Waals surface area contributed by atoms with Crippen LogP contribution in [0.1, 0.15) is 13.3 Å². The van der Waals surface area contributed by atoms with Crippen molar-refractivity contribution in [1.82, 2.24) is 21.5 Å². The summed E-state index contributed by atoms with van der Waals surface area (Å²) in [6, 6.07) is -2.40. The highest BCUT2D eigenvalue weighted by Crippen LogP contribution is 2.33. The van der Waals surface area contributed by atoms with Crippen molar-refractivity contribution < 1.29 is 19.3 Å². The van der Waals surface area contributed by atoms with Gasteiger partial charge in [0.2, 0.25) is 11.9 Å². The summed E-state index contributed by atoms with van der Waals surface area (Å²) in [6.45, 7) is 1.59. The van der Waals surface area contributed by atoms with Crippen LogP contribution in [0.2, 0.25) is 0 Å². The monoisotopic (exact) mass is 375 g/mol. The van der Waals surface area contributed by atoms with E-state index >= 15 is 0 Å². The summed E-state index contributed by atoms with van der Waals surface area (Å²) in [5.41, 5.74) is 4.95. The zero-order valence-electron chi connectivity index (χ0n) is 12.9. The van der Waals surface area contributed by atoms with Crippen LogP contribution in [0.3, 0.4) is 0 Å². The molecule has 1 heterocycles. The third-order valence-electron chi connectivity index (χ3n) is 4.36. The number of fused-ring (bicyclic) bond motifs is 1. The van der Waals surface area contributed by atoms with E-state index in [-0.39, 0.29) is 6.42 Å². The van der Waals surface area contributed by atoms with Crippen molar-refractivity contribution in [3.63, 3.8) is 0 Å². The first-order chi connectivity index (χ1) is 11.3. The van der Waals surface area contributed by atoms with Gasteiger partial charge in [-0.25, -0.2) is 0 Å². The first-order valence-electron chi connectivity index (χ1n) is 7.15. The summed E-state index contributed by atoms with van der Waals surface area (Å²) in [5.74, 6) is -3.76. The molecule has 0 aromatic rings. The maximum Gasteiger partial charge on any atom is 0.309 e. The quantitative estimate of drug-likeness (QED) is 0.198. The zero-order chi connectivity index (χ0) is 18.0. The van der Waals surface area contributed by atoms with Crippen molar-refractivity contribution in [3.05, 3.63) is 10.1 Å². The van der Waals surface area contributed by atoms with Crippen LogP contribution in [0.15, 0.2) is 0 Å². The van der Waals surface area contributed by atoms with Crippen LogP contribution in [-0.4, -0.2) is 51.3 Å². The molecule has 1 aliphatic heterocycles. The Hall–Kier alpha value is -1.95. The van der Waals surface area contributed by atoms with Gasteiger partial charge in [-0.2, -0.15) is 0 Å². The number of amides is 3. The molecule has 0 aromatic heterocycles. The molecule has 1 saturated heterocycles. The molecule has 3 amide bonds. The highest BCUT2D eigenvalue weighted by Gasteiger charge is 2.54.